The first kappa shape index (κ1) is 32.9. The Labute approximate surface area is 287 Å². The number of esters is 2. The minimum Gasteiger partial charge on any atom is -0.462 e. The zero-order valence-corrected chi connectivity index (χ0v) is 30.0. The van der Waals surface area contributed by atoms with E-state index in [1.54, 1.807) is 0 Å². The van der Waals surface area contributed by atoms with E-state index < -0.39 is 0 Å². The van der Waals surface area contributed by atoms with Crippen molar-refractivity contribution in [2.75, 3.05) is 0 Å². The van der Waals surface area contributed by atoms with Crippen LogP contribution in [0.5, 0.6) is 0 Å². The van der Waals surface area contributed by atoms with Crippen molar-refractivity contribution in [2.45, 2.75) is 155 Å². The first-order valence-corrected chi connectivity index (χ1v) is 19.7. The molecule has 0 aromatic rings. The summed E-state index contributed by atoms with van der Waals surface area (Å²) in [5.74, 6) is 3.70. The molecular formula is C42H58O6. The van der Waals surface area contributed by atoms with Crippen molar-refractivity contribution >= 4 is 23.5 Å². The Balaban J connectivity index is 0.848. The van der Waals surface area contributed by atoms with Crippen molar-refractivity contribution in [3.8, 4) is 0 Å². The normalized spacial score (nSPS) is 47.7. The van der Waals surface area contributed by atoms with Gasteiger partial charge in [0.1, 0.15) is 12.2 Å². The summed E-state index contributed by atoms with van der Waals surface area (Å²) in [7, 11) is 0. The topological polar surface area (TPSA) is 86.7 Å². The summed E-state index contributed by atoms with van der Waals surface area (Å²) in [6.07, 6.45) is 20.1. The van der Waals surface area contributed by atoms with Crippen LogP contribution in [0.15, 0.2) is 23.3 Å². The van der Waals surface area contributed by atoms with Crippen LogP contribution >= 0.6 is 0 Å². The molecule has 12 atom stereocenters. The molecule has 0 aliphatic heterocycles. The Morgan fingerprint density at radius 1 is 0.562 bits per heavy atom. The third kappa shape index (κ3) is 4.98. The third-order valence-corrected chi connectivity index (χ3v) is 16.8. The van der Waals surface area contributed by atoms with Crippen LogP contribution in [-0.4, -0.2) is 35.7 Å². The van der Waals surface area contributed by atoms with E-state index in [-0.39, 0.29) is 58.6 Å². The summed E-state index contributed by atoms with van der Waals surface area (Å²) in [5.41, 5.74) is 3.06. The zero-order chi connectivity index (χ0) is 33.6. The highest BCUT2D eigenvalue weighted by Gasteiger charge is 2.61. The standard InChI is InChI=1S/C42H58O6/c1-39-19-15-27(43)23-25(39)5-7-29-31-9-11-35(41(31,3)21-17-33(29)39)47-37(45)13-14-38(46)48-36-12-10-32-30-8-6-26-24-28(44)16-20-40(26,2)34(30)18-22-42(32,36)4/h23-24,29-36H,5-22H2,1-4H3/t29-,30-,31-,32-,33-,34-,35-,36-,39-,40-,41-,42-/m0/s1. The molecule has 6 nitrogen and oxygen atoms in total. The van der Waals surface area contributed by atoms with Gasteiger partial charge in [-0.05, 0) is 148 Å². The molecular weight excluding hydrogens is 600 g/mol. The van der Waals surface area contributed by atoms with Crippen molar-refractivity contribution in [1.29, 1.82) is 0 Å². The van der Waals surface area contributed by atoms with Crippen LogP contribution in [0.4, 0.5) is 0 Å². The molecule has 0 bridgehead atoms. The summed E-state index contributed by atoms with van der Waals surface area (Å²) < 4.78 is 12.5. The SMILES string of the molecule is C[C@]12CC[C@H]3[C@@H](CCC4=CC(=O)CC[C@@]43C)[C@@H]1CC[C@@H]2OC(=O)CCC(=O)O[C@H]1CC[C@H]2[C@@H]3CCC4=CC(=O)CC[C@]4(C)[C@H]3CC[C@]12C. The maximum absolute atomic E-state index is 13.2. The third-order valence-electron chi connectivity index (χ3n) is 16.8. The van der Waals surface area contributed by atoms with Crippen molar-refractivity contribution < 1.29 is 28.7 Å². The highest BCUT2D eigenvalue weighted by molar-refractivity contribution is 5.92. The molecule has 0 spiro atoms. The van der Waals surface area contributed by atoms with Crippen molar-refractivity contribution in [3.63, 3.8) is 0 Å². The summed E-state index contributed by atoms with van der Waals surface area (Å²) in [6.45, 7) is 9.54. The fourth-order valence-corrected chi connectivity index (χ4v) is 14.0. The number of carbonyl (C=O) groups excluding carboxylic acids is 4. The predicted octanol–water partition coefficient (Wildman–Crippen LogP) is 8.65. The molecule has 8 aliphatic rings. The van der Waals surface area contributed by atoms with Crippen LogP contribution in [0.1, 0.15) is 143 Å². The second-order valence-corrected chi connectivity index (χ2v) is 18.6. The number of ketones is 2. The quantitative estimate of drug-likeness (QED) is 0.275. The molecule has 6 saturated carbocycles. The minimum atomic E-state index is -0.256. The number of allylic oxidation sites excluding steroid dienone is 2. The lowest BCUT2D eigenvalue weighted by atomic mass is 9.47. The van der Waals surface area contributed by atoms with Gasteiger partial charge in [0.25, 0.3) is 0 Å². The van der Waals surface area contributed by atoms with Gasteiger partial charge >= 0.3 is 11.9 Å². The molecule has 0 amide bonds. The van der Waals surface area contributed by atoms with Gasteiger partial charge in [0.2, 0.25) is 0 Å². The van der Waals surface area contributed by atoms with Gasteiger partial charge in [-0.2, -0.15) is 0 Å². The van der Waals surface area contributed by atoms with Crippen molar-refractivity contribution in [3.05, 3.63) is 23.3 Å². The lowest BCUT2D eigenvalue weighted by Gasteiger charge is -2.57. The van der Waals surface area contributed by atoms with Crippen LogP contribution in [0.3, 0.4) is 0 Å². The molecule has 8 aliphatic carbocycles. The number of carbonyl (C=O) groups is 4. The molecule has 262 valence electrons. The Hall–Kier alpha value is -2.24. The Bertz CT molecular complexity index is 1350. The van der Waals surface area contributed by atoms with E-state index in [0.29, 0.717) is 59.9 Å². The number of hydrogen-bond donors (Lipinski definition) is 0. The van der Waals surface area contributed by atoms with Gasteiger partial charge < -0.3 is 9.47 Å². The van der Waals surface area contributed by atoms with E-state index >= 15 is 0 Å². The van der Waals surface area contributed by atoms with E-state index in [4.69, 9.17) is 9.47 Å². The van der Waals surface area contributed by atoms with E-state index in [2.05, 4.69) is 27.7 Å². The van der Waals surface area contributed by atoms with Gasteiger partial charge in [-0.3, -0.25) is 19.2 Å². The summed E-state index contributed by atoms with van der Waals surface area (Å²) in [4.78, 5) is 50.8. The summed E-state index contributed by atoms with van der Waals surface area (Å²) in [6, 6.07) is 0. The molecule has 0 radical (unpaired) electrons. The van der Waals surface area contributed by atoms with Crippen LogP contribution < -0.4 is 0 Å². The van der Waals surface area contributed by atoms with Crippen LogP contribution in [0.25, 0.3) is 0 Å². The smallest absolute Gasteiger partial charge is 0.306 e. The van der Waals surface area contributed by atoms with Crippen molar-refractivity contribution in [1.82, 2.24) is 0 Å². The summed E-state index contributed by atoms with van der Waals surface area (Å²) >= 11 is 0. The summed E-state index contributed by atoms with van der Waals surface area (Å²) in [5, 5.41) is 0. The maximum Gasteiger partial charge on any atom is 0.306 e. The van der Waals surface area contributed by atoms with E-state index in [0.717, 1.165) is 89.9 Å². The molecule has 0 aromatic carbocycles. The van der Waals surface area contributed by atoms with Crippen LogP contribution in [0, 0.1) is 57.2 Å². The lowest BCUT2D eigenvalue weighted by Crippen LogP contribution is -2.51. The monoisotopic (exact) mass is 658 g/mol. The molecule has 0 saturated heterocycles. The lowest BCUT2D eigenvalue weighted by molar-refractivity contribution is -0.166. The highest BCUT2D eigenvalue weighted by atomic mass is 16.6. The second kappa shape index (κ2) is 11.7. The van der Waals surface area contributed by atoms with E-state index in [1.807, 2.05) is 12.2 Å². The maximum atomic E-state index is 13.2. The van der Waals surface area contributed by atoms with Gasteiger partial charge in [-0.15, -0.1) is 0 Å². The molecule has 0 unspecified atom stereocenters. The Kier molecular flexibility index (Phi) is 8.00. The Morgan fingerprint density at radius 3 is 1.40 bits per heavy atom. The fraction of sp³-hybridized carbons (Fsp3) is 0.810. The van der Waals surface area contributed by atoms with Gasteiger partial charge in [-0.25, -0.2) is 0 Å². The minimum absolute atomic E-state index is 0.00834. The number of ether oxygens (including phenoxy) is 2. The molecule has 48 heavy (non-hydrogen) atoms. The van der Waals surface area contributed by atoms with Gasteiger partial charge in [-0.1, -0.05) is 38.8 Å². The van der Waals surface area contributed by atoms with Gasteiger partial charge in [0.15, 0.2) is 11.6 Å². The average Bonchev–Trinajstić information content (AvgIpc) is 3.56. The fourth-order valence-electron chi connectivity index (χ4n) is 14.0. The second-order valence-electron chi connectivity index (χ2n) is 18.6. The predicted molar refractivity (Wildman–Crippen MR) is 182 cm³/mol. The highest BCUT2D eigenvalue weighted by Crippen LogP contribution is 2.67. The van der Waals surface area contributed by atoms with Gasteiger partial charge in [0, 0.05) is 23.7 Å². The average molecular weight is 659 g/mol. The largest absolute Gasteiger partial charge is 0.462 e. The zero-order valence-electron chi connectivity index (χ0n) is 30.0. The first-order chi connectivity index (χ1) is 22.8. The molecule has 0 heterocycles. The molecule has 6 fully saturated rings. The number of hydrogen-bond acceptors (Lipinski definition) is 6. The Morgan fingerprint density at radius 2 is 0.979 bits per heavy atom. The van der Waals surface area contributed by atoms with Crippen LogP contribution in [0.2, 0.25) is 0 Å². The first-order valence-electron chi connectivity index (χ1n) is 19.7. The number of fused-ring (bicyclic) bond motifs is 10. The molecule has 0 N–H and O–H groups in total. The molecule has 0 aromatic heterocycles. The molecule has 6 heteroatoms. The molecule has 8 rings (SSSR count). The van der Waals surface area contributed by atoms with E-state index in [1.165, 1.54) is 11.1 Å². The van der Waals surface area contributed by atoms with Crippen LogP contribution in [-0.2, 0) is 28.7 Å². The van der Waals surface area contributed by atoms with Gasteiger partial charge in [0.05, 0.1) is 12.8 Å². The van der Waals surface area contributed by atoms with Crippen molar-refractivity contribution in [2.24, 2.45) is 57.2 Å². The van der Waals surface area contributed by atoms with E-state index in [9.17, 15) is 19.2 Å². The number of rotatable bonds is 5.